The molecule has 3 aliphatic heterocycles. The van der Waals surface area contributed by atoms with Crippen LogP contribution >= 0.6 is 0 Å². The number of rotatable bonds is 8. The van der Waals surface area contributed by atoms with Gasteiger partial charge in [-0.1, -0.05) is 78.9 Å². The summed E-state index contributed by atoms with van der Waals surface area (Å²) >= 11 is 0. The van der Waals surface area contributed by atoms with E-state index in [2.05, 4.69) is 109 Å². The van der Waals surface area contributed by atoms with Gasteiger partial charge in [-0.3, -0.25) is 4.98 Å². The molecule has 3 fully saturated rings. The van der Waals surface area contributed by atoms with Crippen LogP contribution in [0, 0.1) is 11.8 Å². The van der Waals surface area contributed by atoms with Crippen LogP contribution in [0.1, 0.15) is 30.1 Å². The monoisotopic (exact) mass is 604 g/mol. The molecule has 5 aromatic rings. The lowest BCUT2D eigenvalue weighted by Gasteiger charge is -2.58. The molecule has 0 radical (unpaired) electrons. The predicted molar refractivity (Wildman–Crippen MR) is 166 cm³/mol. The van der Waals surface area contributed by atoms with Gasteiger partial charge in [0.25, 0.3) is 0 Å². The molecule has 208 valence electrons. The Kier molecular flexibility index (Phi) is 7.82. The molecular formula is C37H37BrN2O. The van der Waals surface area contributed by atoms with Crippen molar-refractivity contribution in [3.8, 4) is 0 Å². The minimum absolute atomic E-state index is 0. The van der Waals surface area contributed by atoms with Crippen LogP contribution in [0.3, 0.4) is 0 Å². The van der Waals surface area contributed by atoms with Crippen LogP contribution in [0.2, 0.25) is 0 Å². The molecule has 41 heavy (non-hydrogen) atoms. The number of piperidine rings is 3. The minimum atomic E-state index is -0.0410. The van der Waals surface area contributed by atoms with Crippen molar-refractivity contribution < 1.29 is 26.2 Å². The van der Waals surface area contributed by atoms with E-state index < -0.39 is 0 Å². The number of aromatic nitrogens is 1. The number of ether oxygens (including phenoxy) is 1. The molecular weight excluding hydrogens is 568 g/mol. The van der Waals surface area contributed by atoms with E-state index in [0.717, 1.165) is 36.1 Å². The summed E-state index contributed by atoms with van der Waals surface area (Å²) in [6.45, 7) is 12.1. The molecule has 0 spiro atoms. The number of hydrogen-bond acceptors (Lipinski definition) is 2. The number of nitrogens with zero attached hydrogens (tertiary/aromatic N) is 2. The molecule has 4 heteroatoms. The Morgan fingerprint density at radius 1 is 0.902 bits per heavy atom. The van der Waals surface area contributed by atoms with Gasteiger partial charge >= 0.3 is 0 Å². The van der Waals surface area contributed by atoms with E-state index in [1.807, 2.05) is 12.3 Å². The summed E-state index contributed by atoms with van der Waals surface area (Å²) < 4.78 is 7.81. The van der Waals surface area contributed by atoms with E-state index in [0.29, 0.717) is 24.5 Å². The average molecular weight is 606 g/mol. The Morgan fingerprint density at radius 2 is 1.59 bits per heavy atom. The van der Waals surface area contributed by atoms with Crippen molar-refractivity contribution >= 4 is 32.4 Å². The van der Waals surface area contributed by atoms with Gasteiger partial charge in [-0.2, -0.15) is 0 Å². The molecule has 4 aromatic carbocycles. The largest absolute Gasteiger partial charge is 1.00 e. The summed E-state index contributed by atoms with van der Waals surface area (Å²) in [5.74, 6) is 1.18. The van der Waals surface area contributed by atoms with E-state index in [4.69, 9.17) is 4.74 Å². The first kappa shape index (κ1) is 27.8. The molecule has 0 N–H and O–H groups in total. The molecule has 2 bridgehead atoms. The van der Waals surface area contributed by atoms with Gasteiger partial charge in [-0.15, -0.1) is 13.2 Å². The third-order valence-electron chi connectivity index (χ3n) is 9.76. The van der Waals surface area contributed by atoms with Crippen LogP contribution in [-0.2, 0) is 11.3 Å². The standard InChI is InChI=1S/C37H37N2O.BrH/c1-3-21-40-37(33-17-19-38-35-16-10-9-15-32(33)35)36-23-27-18-20-39(36,24-26(27)4-2)25-34-30-13-7-5-11-28(30)22-29-12-6-8-14-31(29)34;/h3-17,19,22,26-27,36-37H,1-2,18,20-21,23-25H2;1H/q+1;/p-1/t26-,27-,36-,37?,39-;/m0./s1. The highest BCUT2D eigenvalue weighted by atomic mass is 79.9. The van der Waals surface area contributed by atoms with Gasteiger partial charge in [0.05, 0.1) is 25.2 Å². The molecule has 3 aliphatic rings. The van der Waals surface area contributed by atoms with Crippen LogP contribution in [0.5, 0.6) is 0 Å². The minimum Gasteiger partial charge on any atom is -1.00 e. The zero-order valence-corrected chi connectivity index (χ0v) is 25.0. The zero-order valence-electron chi connectivity index (χ0n) is 23.5. The van der Waals surface area contributed by atoms with Crippen molar-refractivity contribution in [1.82, 2.24) is 4.98 Å². The van der Waals surface area contributed by atoms with Gasteiger partial charge in [0.1, 0.15) is 18.7 Å². The van der Waals surface area contributed by atoms with Gasteiger partial charge in [-0.05, 0) is 51.2 Å². The third-order valence-corrected chi connectivity index (χ3v) is 9.76. The van der Waals surface area contributed by atoms with Gasteiger partial charge in [0, 0.05) is 35.9 Å². The topological polar surface area (TPSA) is 22.1 Å². The number of fused-ring (bicyclic) bond motifs is 6. The van der Waals surface area contributed by atoms with E-state index in [1.54, 1.807) is 0 Å². The molecule has 1 aromatic heterocycles. The summed E-state index contributed by atoms with van der Waals surface area (Å²) in [5.41, 5.74) is 3.74. The summed E-state index contributed by atoms with van der Waals surface area (Å²) in [4.78, 5) is 4.68. The van der Waals surface area contributed by atoms with Crippen molar-refractivity contribution in [3.05, 3.63) is 128 Å². The summed E-state index contributed by atoms with van der Waals surface area (Å²) in [5, 5.41) is 6.56. The maximum Gasteiger partial charge on any atom is 0.135 e. The highest BCUT2D eigenvalue weighted by Crippen LogP contribution is 2.50. The second-order valence-corrected chi connectivity index (χ2v) is 11.8. The lowest BCUT2D eigenvalue weighted by atomic mass is 9.70. The average Bonchev–Trinajstić information content (AvgIpc) is 3.01. The van der Waals surface area contributed by atoms with Crippen molar-refractivity contribution in [3.63, 3.8) is 0 Å². The van der Waals surface area contributed by atoms with Gasteiger partial charge < -0.3 is 26.2 Å². The molecule has 5 atom stereocenters. The first-order chi connectivity index (χ1) is 19.7. The molecule has 1 unspecified atom stereocenters. The number of quaternary nitrogens is 1. The second kappa shape index (κ2) is 11.5. The summed E-state index contributed by atoms with van der Waals surface area (Å²) in [6, 6.07) is 31.2. The SMILES string of the molecule is C=CCOC(c1ccnc2ccccc12)[C@@H]1C[C@@H]2CC[N@@+]1(Cc1c3ccccc3cc3ccccc13)C[C@@H]2C=C.[Br-]. The number of para-hydroxylation sites is 1. The Labute approximate surface area is 253 Å². The van der Waals surface area contributed by atoms with E-state index >= 15 is 0 Å². The van der Waals surface area contributed by atoms with E-state index in [1.165, 1.54) is 44.5 Å². The van der Waals surface area contributed by atoms with Gasteiger partial charge in [-0.25, -0.2) is 0 Å². The lowest BCUT2D eigenvalue weighted by Crippen LogP contribution is -3.00. The molecule has 3 saturated heterocycles. The van der Waals surface area contributed by atoms with Crippen LogP contribution in [-0.4, -0.2) is 35.2 Å². The van der Waals surface area contributed by atoms with Crippen LogP contribution in [0.4, 0.5) is 0 Å². The maximum atomic E-state index is 6.80. The lowest BCUT2D eigenvalue weighted by molar-refractivity contribution is -0.984. The highest BCUT2D eigenvalue weighted by molar-refractivity contribution is 6.02. The van der Waals surface area contributed by atoms with Crippen molar-refractivity contribution in [2.75, 3.05) is 19.7 Å². The quantitative estimate of drug-likeness (QED) is 0.134. The molecule has 4 heterocycles. The third kappa shape index (κ3) is 4.82. The number of pyridine rings is 1. The summed E-state index contributed by atoms with van der Waals surface area (Å²) in [6.07, 6.45) is 8.41. The number of benzene rings is 4. The maximum absolute atomic E-state index is 6.80. The van der Waals surface area contributed by atoms with E-state index in [-0.39, 0.29) is 23.1 Å². The van der Waals surface area contributed by atoms with Crippen molar-refractivity contribution in [2.45, 2.75) is 31.5 Å². The van der Waals surface area contributed by atoms with Crippen LogP contribution in [0.15, 0.2) is 116 Å². The Hall–Kier alpha value is -3.31. The fourth-order valence-corrected chi connectivity index (χ4v) is 7.90. The smallest absolute Gasteiger partial charge is 0.135 e. The Balaban J connectivity index is 0.00000302. The van der Waals surface area contributed by atoms with E-state index in [9.17, 15) is 0 Å². The van der Waals surface area contributed by atoms with Crippen LogP contribution in [0.25, 0.3) is 32.4 Å². The fraction of sp³-hybridized carbons (Fsp3) is 0.270. The van der Waals surface area contributed by atoms with Gasteiger partial charge in [0.2, 0.25) is 0 Å². The Bertz CT molecular complexity index is 1670. The first-order valence-corrected chi connectivity index (χ1v) is 14.6. The molecule has 0 aliphatic carbocycles. The molecule has 0 saturated carbocycles. The first-order valence-electron chi connectivity index (χ1n) is 14.6. The second-order valence-electron chi connectivity index (χ2n) is 11.8. The zero-order chi connectivity index (χ0) is 27.1. The summed E-state index contributed by atoms with van der Waals surface area (Å²) in [7, 11) is 0. The predicted octanol–water partition coefficient (Wildman–Crippen LogP) is 5.40. The van der Waals surface area contributed by atoms with Crippen LogP contribution < -0.4 is 17.0 Å². The fourth-order valence-electron chi connectivity index (χ4n) is 7.90. The number of halogens is 1. The molecule has 3 nitrogen and oxygen atoms in total. The van der Waals surface area contributed by atoms with Crippen molar-refractivity contribution in [1.29, 1.82) is 0 Å². The highest BCUT2D eigenvalue weighted by Gasteiger charge is 2.54. The number of hydrogen-bond donors (Lipinski definition) is 0. The van der Waals surface area contributed by atoms with Gasteiger partial charge in [0.15, 0.2) is 0 Å². The normalized spacial score (nSPS) is 24.2. The van der Waals surface area contributed by atoms with Crippen molar-refractivity contribution in [2.24, 2.45) is 11.8 Å². The molecule has 0 amide bonds. The Morgan fingerprint density at radius 3 is 2.29 bits per heavy atom. The molecule has 8 rings (SSSR count).